The lowest BCUT2D eigenvalue weighted by Gasteiger charge is -2.36. The van der Waals surface area contributed by atoms with Gasteiger partial charge in [0.2, 0.25) is 11.8 Å². The van der Waals surface area contributed by atoms with Crippen LogP contribution >= 0.6 is 0 Å². The van der Waals surface area contributed by atoms with Crippen LogP contribution in [0.4, 0.5) is 0 Å². The first kappa shape index (κ1) is 15.3. The van der Waals surface area contributed by atoms with E-state index in [-0.39, 0.29) is 23.1 Å². The fraction of sp³-hybridized carbons (Fsp3) is 0.875. The Hall–Kier alpha value is -1.06. The van der Waals surface area contributed by atoms with Gasteiger partial charge in [-0.3, -0.25) is 9.59 Å². The van der Waals surface area contributed by atoms with Crippen LogP contribution in [0.3, 0.4) is 0 Å². The van der Waals surface area contributed by atoms with E-state index in [9.17, 15) is 9.59 Å². The Morgan fingerprint density at radius 2 is 1.70 bits per heavy atom. The largest absolute Gasteiger partial charge is 0.353 e. The number of carbonyl (C=O) groups is 2. The highest BCUT2D eigenvalue weighted by Gasteiger charge is 2.34. The van der Waals surface area contributed by atoms with E-state index in [4.69, 9.17) is 0 Å². The highest BCUT2D eigenvalue weighted by Crippen LogP contribution is 2.24. The zero-order chi connectivity index (χ0) is 14.8. The van der Waals surface area contributed by atoms with Crippen molar-refractivity contribution in [3.63, 3.8) is 0 Å². The molecule has 2 aliphatic rings. The van der Waals surface area contributed by atoms with Gasteiger partial charge in [0.1, 0.15) is 0 Å². The fourth-order valence-electron chi connectivity index (χ4n) is 3.24. The van der Waals surface area contributed by atoms with Crippen molar-refractivity contribution in [1.82, 2.24) is 10.2 Å². The van der Waals surface area contributed by atoms with E-state index >= 15 is 0 Å². The first-order valence-corrected chi connectivity index (χ1v) is 7.97. The molecule has 4 heteroatoms. The van der Waals surface area contributed by atoms with Crippen LogP contribution in [0.5, 0.6) is 0 Å². The molecule has 1 unspecified atom stereocenters. The number of nitrogens with one attached hydrogen (secondary N) is 1. The Balaban J connectivity index is 1.89. The van der Waals surface area contributed by atoms with E-state index in [2.05, 4.69) is 5.32 Å². The molecular formula is C16H28N2O2. The van der Waals surface area contributed by atoms with Crippen molar-refractivity contribution in [3.05, 3.63) is 0 Å². The zero-order valence-corrected chi connectivity index (χ0v) is 13.1. The van der Waals surface area contributed by atoms with Gasteiger partial charge in [-0.15, -0.1) is 0 Å². The van der Waals surface area contributed by atoms with Crippen molar-refractivity contribution in [2.45, 2.75) is 65.3 Å². The summed E-state index contributed by atoms with van der Waals surface area (Å²) in [6.07, 6.45) is 6.53. The second-order valence-electron chi connectivity index (χ2n) is 7.33. The van der Waals surface area contributed by atoms with Gasteiger partial charge < -0.3 is 10.2 Å². The molecule has 1 saturated carbocycles. The number of rotatable bonds is 2. The molecule has 1 aliphatic heterocycles. The van der Waals surface area contributed by atoms with Crippen LogP contribution in [0.2, 0.25) is 0 Å². The van der Waals surface area contributed by atoms with Gasteiger partial charge in [-0.25, -0.2) is 0 Å². The van der Waals surface area contributed by atoms with Crippen molar-refractivity contribution in [2.75, 3.05) is 13.1 Å². The van der Waals surface area contributed by atoms with E-state index in [1.165, 1.54) is 12.8 Å². The summed E-state index contributed by atoms with van der Waals surface area (Å²) < 4.78 is 0. The van der Waals surface area contributed by atoms with Gasteiger partial charge in [0.15, 0.2) is 0 Å². The number of hydrogen-bond donors (Lipinski definition) is 1. The summed E-state index contributed by atoms with van der Waals surface area (Å²) in [7, 11) is 0. The van der Waals surface area contributed by atoms with Gasteiger partial charge in [0.25, 0.3) is 0 Å². The second kappa shape index (κ2) is 6.15. The number of piperidine rings is 1. The lowest BCUT2D eigenvalue weighted by molar-refractivity contribution is -0.142. The Labute approximate surface area is 122 Å². The summed E-state index contributed by atoms with van der Waals surface area (Å²) in [4.78, 5) is 26.5. The molecule has 1 aliphatic carbocycles. The first-order valence-electron chi connectivity index (χ1n) is 7.97. The maximum atomic E-state index is 12.3. The van der Waals surface area contributed by atoms with Crippen LogP contribution in [-0.2, 0) is 9.59 Å². The summed E-state index contributed by atoms with van der Waals surface area (Å²) in [6.45, 7) is 7.21. The van der Waals surface area contributed by atoms with Crippen LogP contribution in [-0.4, -0.2) is 35.8 Å². The zero-order valence-electron chi connectivity index (χ0n) is 13.1. The highest BCUT2D eigenvalue weighted by atomic mass is 16.2. The number of carbonyl (C=O) groups excluding carboxylic acids is 2. The number of hydrogen-bond acceptors (Lipinski definition) is 2. The Kier molecular flexibility index (Phi) is 4.71. The summed E-state index contributed by atoms with van der Waals surface area (Å²) in [6, 6.07) is 0.371. The third kappa shape index (κ3) is 3.74. The molecule has 0 spiro atoms. The number of nitrogens with zero attached hydrogens (tertiary/aromatic N) is 1. The molecule has 1 N–H and O–H groups in total. The van der Waals surface area contributed by atoms with E-state index < -0.39 is 0 Å². The average molecular weight is 280 g/mol. The Bertz CT molecular complexity index is 367. The number of amides is 2. The molecular weight excluding hydrogens is 252 g/mol. The quantitative estimate of drug-likeness (QED) is 0.844. The topological polar surface area (TPSA) is 49.4 Å². The van der Waals surface area contributed by atoms with E-state index in [1.807, 2.05) is 25.7 Å². The molecule has 0 aromatic heterocycles. The summed E-state index contributed by atoms with van der Waals surface area (Å²) >= 11 is 0. The minimum atomic E-state index is -0.357. The minimum absolute atomic E-state index is 0.0179. The molecule has 0 bridgehead atoms. The molecule has 2 amide bonds. The van der Waals surface area contributed by atoms with Gasteiger partial charge in [-0.05, 0) is 25.7 Å². The second-order valence-corrected chi connectivity index (χ2v) is 7.33. The molecule has 1 saturated heterocycles. The molecule has 4 nitrogen and oxygen atoms in total. The maximum Gasteiger partial charge on any atom is 0.227 e. The summed E-state index contributed by atoms with van der Waals surface area (Å²) in [5.41, 5.74) is -0.357. The molecule has 1 heterocycles. The molecule has 0 radical (unpaired) electrons. The molecule has 1 atom stereocenters. The Morgan fingerprint density at radius 3 is 2.30 bits per heavy atom. The van der Waals surface area contributed by atoms with Crippen LogP contribution < -0.4 is 5.32 Å². The first-order chi connectivity index (χ1) is 9.38. The van der Waals surface area contributed by atoms with Crippen LogP contribution in [0.25, 0.3) is 0 Å². The molecule has 114 valence electrons. The highest BCUT2D eigenvalue weighted by molar-refractivity contribution is 5.84. The van der Waals surface area contributed by atoms with Gasteiger partial charge in [-0.2, -0.15) is 0 Å². The maximum absolute atomic E-state index is 12.3. The molecule has 2 fully saturated rings. The van der Waals surface area contributed by atoms with E-state index in [0.717, 1.165) is 32.2 Å². The normalized spacial score (nSPS) is 24.8. The van der Waals surface area contributed by atoms with Crippen LogP contribution in [0.15, 0.2) is 0 Å². The average Bonchev–Trinajstić information content (AvgIpc) is 2.89. The van der Waals surface area contributed by atoms with Gasteiger partial charge in [0.05, 0.1) is 5.92 Å². The van der Waals surface area contributed by atoms with Crippen molar-refractivity contribution < 1.29 is 9.59 Å². The Morgan fingerprint density at radius 1 is 1.05 bits per heavy atom. The van der Waals surface area contributed by atoms with Crippen LogP contribution in [0, 0.1) is 11.3 Å². The predicted molar refractivity (Wildman–Crippen MR) is 79.2 cm³/mol. The molecule has 0 aromatic rings. The summed E-state index contributed by atoms with van der Waals surface area (Å²) in [5, 5.41) is 3.17. The van der Waals surface area contributed by atoms with Crippen molar-refractivity contribution in [3.8, 4) is 0 Å². The van der Waals surface area contributed by atoms with Crippen LogP contribution in [0.1, 0.15) is 59.3 Å². The fourth-order valence-corrected chi connectivity index (χ4v) is 3.24. The van der Waals surface area contributed by atoms with Gasteiger partial charge in [0, 0.05) is 24.5 Å². The SMILES string of the molecule is CC(C)(C)C(=O)N1CCCC(C(=O)NC2CCCC2)C1. The van der Waals surface area contributed by atoms with Gasteiger partial charge >= 0.3 is 0 Å². The standard InChI is InChI=1S/C16H28N2O2/c1-16(2,3)15(20)18-10-6-7-12(11-18)14(19)17-13-8-4-5-9-13/h12-13H,4-11H2,1-3H3,(H,17,19). The van der Waals surface area contributed by atoms with E-state index in [1.54, 1.807) is 0 Å². The smallest absolute Gasteiger partial charge is 0.227 e. The third-order valence-electron chi connectivity index (χ3n) is 4.42. The van der Waals surface area contributed by atoms with Crippen molar-refractivity contribution >= 4 is 11.8 Å². The molecule has 2 rings (SSSR count). The third-order valence-corrected chi connectivity index (χ3v) is 4.42. The lowest BCUT2D eigenvalue weighted by Crippen LogP contribution is -2.49. The van der Waals surface area contributed by atoms with Gasteiger partial charge in [-0.1, -0.05) is 33.6 Å². The minimum Gasteiger partial charge on any atom is -0.353 e. The predicted octanol–water partition coefficient (Wildman–Crippen LogP) is 2.33. The summed E-state index contributed by atoms with van der Waals surface area (Å²) in [5.74, 6) is 0.301. The van der Waals surface area contributed by atoms with Crippen molar-refractivity contribution in [1.29, 1.82) is 0 Å². The molecule has 0 aromatic carbocycles. The monoisotopic (exact) mass is 280 g/mol. The van der Waals surface area contributed by atoms with E-state index in [0.29, 0.717) is 12.6 Å². The number of likely N-dealkylation sites (tertiary alicyclic amines) is 1. The molecule has 20 heavy (non-hydrogen) atoms. The lowest BCUT2D eigenvalue weighted by atomic mass is 9.91. The van der Waals surface area contributed by atoms with Crippen molar-refractivity contribution in [2.24, 2.45) is 11.3 Å².